The molecule has 0 bridgehead atoms. The van der Waals surface area contributed by atoms with Gasteiger partial charge >= 0.3 is 0 Å². The summed E-state index contributed by atoms with van der Waals surface area (Å²) in [5.74, 6) is 0.798. The molecule has 0 aliphatic heterocycles. The zero-order valence-corrected chi connectivity index (χ0v) is 10.9. The van der Waals surface area contributed by atoms with Gasteiger partial charge in [0.2, 0.25) is 0 Å². The quantitative estimate of drug-likeness (QED) is 0.858. The molecule has 1 atom stereocenters. The highest BCUT2D eigenvalue weighted by Gasteiger charge is 2.32. The highest BCUT2D eigenvalue weighted by molar-refractivity contribution is 7.17. The third-order valence-electron chi connectivity index (χ3n) is 3.61. The third-order valence-corrected chi connectivity index (χ3v) is 4.49. The lowest BCUT2D eigenvalue weighted by Crippen LogP contribution is -2.28. The van der Waals surface area contributed by atoms with Gasteiger partial charge in [-0.25, -0.2) is 0 Å². The predicted octanol–water partition coefficient (Wildman–Crippen LogP) is 3.91. The number of benzene rings is 1. The maximum atomic E-state index is 4.29. The van der Waals surface area contributed by atoms with Crippen LogP contribution in [0.2, 0.25) is 0 Å². The van der Waals surface area contributed by atoms with Crippen molar-refractivity contribution in [1.29, 1.82) is 0 Å². The van der Waals surface area contributed by atoms with E-state index < -0.39 is 0 Å². The zero-order valence-electron chi connectivity index (χ0n) is 10.1. The van der Waals surface area contributed by atoms with Crippen LogP contribution in [0.25, 0.3) is 15.7 Å². The minimum absolute atomic E-state index is 0.451. The van der Waals surface area contributed by atoms with Crippen molar-refractivity contribution in [1.82, 2.24) is 5.32 Å². The lowest BCUT2D eigenvalue weighted by Gasteiger charge is -2.18. The first-order chi connectivity index (χ1) is 8.29. The van der Waals surface area contributed by atoms with Crippen LogP contribution in [0.15, 0.2) is 36.2 Å². The van der Waals surface area contributed by atoms with Crippen LogP contribution >= 0.6 is 11.3 Å². The lowest BCUT2D eigenvalue weighted by molar-refractivity contribution is 0.612. The molecule has 0 saturated heterocycles. The zero-order chi connectivity index (χ0) is 11.8. The van der Waals surface area contributed by atoms with Crippen molar-refractivity contribution in [2.75, 3.05) is 7.05 Å². The summed E-state index contributed by atoms with van der Waals surface area (Å²) in [6.07, 6.45) is 2.68. The van der Waals surface area contributed by atoms with Crippen molar-refractivity contribution < 1.29 is 0 Å². The summed E-state index contributed by atoms with van der Waals surface area (Å²) < 4.78 is 1.36. The second-order valence-electron chi connectivity index (χ2n) is 4.80. The number of nitrogens with one attached hydrogen (secondary N) is 1. The molecule has 1 nitrogen and oxygen atoms in total. The molecule has 1 aliphatic carbocycles. The summed E-state index contributed by atoms with van der Waals surface area (Å²) in [6.45, 7) is 4.29. The maximum absolute atomic E-state index is 4.29. The van der Waals surface area contributed by atoms with E-state index in [1.807, 2.05) is 7.05 Å². The van der Waals surface area contributed by atoms with Gasteiger partial charge in [-0.3, -0.25) is 0 Å². The molecule has 1 aromatic heterocycles. The molecule has 0 spiro atoms. The highest BCUT2D eigenvalue weighted by atomic mass is 32.1. The van der Waals surface area contributed by atoms with Crippen molar-refractivity contribution in [3.8, 4) is 0 Å². The molecule has 2 heteroatoms. The number of hydrogen-bond acceptors (Lipinski definition) is 2. The topological polar surface area (TPSA) is 12.0 Å². The van der Waals surface area contributed by atoms with Gasteiger partial charge < -0.3 is 5.32 Å². The van der Waals surface area contributed by atoms with E-state index in [1.54, 1.807) is 11.3 Å². The van der Waals surface area contributed by atoms with Crippen LogP contribution < -0.4 is 5.32 Å². The van der Waals surface area contributed by atoms with E-state index in [0.29, 0.717) is 6.04 Å². The molecule has 2 aromatic rings. The van der Waals surface area contributed by atoms with Crippen molar-refractivity contribution in [2.45, 2.75) is 18.9 Å². The molecule has 1 N–H and O–H groups in total. The van der Waals surface area contributed by atoms with Gasteiger partial charge in [0.1, 0.15) is 0 Å². The van der Waals surface area contributed by atoms with Gasteiger partial charge in [-0.2, -0.15) is 0 Å². The first kappa shape index (κ1) is 11.0. The SMILES string of the molecule is C=C(c1ccc2ccsc2c1)C(NC)C1CC1. The fourth-order valence-corrected chi connectivity index (χ4v) is 3.29. The molecule has 0 amide bonds. The van der Waals surface area contributed by atoms with Gasteiger partial charge in [0, 0.05) is 10.7 Å². The van der Waals surface area contributed by atoms with Crippen LogP contribution in [0.5, 0.6) is 0 Å². The van der Waals surface area contributed by atoms with Crippen LogP contribution in [-0.2, 0) is 0 Å². The smallest absolute Gasteiger partial charge is 0.0348 e. The van der Waals surface area contributed by atoms with Gasteiger partial charge in [0.25, 0.3) is 0 Å². The number of fused-ring (bicyclic) bond motifs is 1. The summed E-state index contributed by atoms with van der Waals surface area (Å²) in [5.41, 5.74) is 2.52. The molecule has 1 fully saturated rings. The Morgan fingerprint density at radius 1 is 1.41 bits per heavy atom. The van der Waals surface area contributed by atoms with Crippen molar-refractivity contribution in [2.24, 2.45) is 5.92 Å². The van der Waals surface area contributed by atoms with Crippen molar-refractivity contribution >= 4 is 27.0 Å². The number of likely N-dealkylation sites (N-methyl/N-ethyl adjacent to an activating group) is 1. The van der Waals surface area contributed by atoms with Crippen LogP contribution in [-0.4, -0.2) is 13.1 Å². The van der Waals surface area contributed by atoms with E-state index in [-0.39, 0.29) is 0 Å². The van der Waals surface area contributed by atoms with E-state index in [2.05, 4.69) is 41.5 Å². The summed E-state index contributed by atoms with van der Waals surface area (Å²) in [6, 6.07) is 9.29. The van der Waals surface area contributed by atoms with Gasteiger partial charge in [-0.05, 0) is 59.8 Å². The summed E-state index contributed by atoms with van der Waals surface area (Å²) in [7, 11) is 2.04. The molecule has 0 radical (unpaired) electrons. The van der Waals surface area contributed by atoms with Gasteiger partial charge in [-0.15, -0.1) is 11.3 Å². The second kappa shape index (κ2) is 4.28. The Hall–Kier alpha value is -1.12. The molecule has 1 saturated carbocycles. The van der Waals surface area contributed by atoms with Gasteiger partial charge in [0.15, 0.2) is 0 Å². The molecule has 17 heavy (non-hydrogen) atoms. The molecule has 1 unspecified atom stereocenters. The van der Waals surface area contributed by atoms with Crippen molar-refractivity contribution in [3.63, 3.8) is 0 Å². The Labute approximate surface area is 106 Å². The highest BCUT2D eigenvalue weighted by Crippen LogP contribution is 2.38. The standard InChI is InChI=1S/C15H17NS/c1-10(15(16-2)12-4-5-12)13-6-3-11-7-8-17-14(11)9-13/h3,6-9,12,15-16H,1,4-5H2,2H3. The summed E-state index contributed by atoms with van der Waals surface area (Å²) in [5, 5.41) is 6.89. The minimum atomic E-state index is 0.451. The monoisotopic (exact) mass is 243 g/mol. The fraction of sp³-hybridized carbons (Fsp3) is 0.333. The molecule has 3 rings (SSSR count). The Balaban J connectivity index is 1.93. The molecule has 88 valence electrons. The molecule has 1 heterocycles. The Bertz CT molecular complexity index is 551. The average molecular weight is 243 g/mol. The van der Waals surface area contributed by atoms with Gasteiger partial charge in [0.05, 0.1) is 0 Å². The Morgan fingerprint density at radius 2 is 2.24 bits per heavy atom. The van der Waals surface area contributed by atoms with E-state index >= 15 is 0 Å². The van der Waals surface area contributed by atoms with Crippen LogP contribution in [0, 0.1) is 5.92 Å². The lowest BCUT2D eigenvalue weighted by atomic mass is 9.96. The summed E-state index contributed by atoms with van der Waals surface area (Å²) >= 11 is 1.80. The van der Waals surface area contributed by atoms with E-state index in [9.17, 15) is 0 Å². The van der Waals surface area contributed by atoms with E-state index in [4.69, 9.17) is 0 Å². The molecule has 1 aromatic carbocycles. The maximum Gasteiger partial charge on any atom is 0.0348 e. The fourth-order valence-electron chi connectivity index (χ4n) is 2.46. The summed E-state index contributed by atoms with van der Waals surface area (Å²) in [4.78, 5) is 0. The normalized spacial score (nSPS) is 17.2. The van der Waals surface area contributed by atoms with Crippen molar-refractivity contribution in [3.05, 3.63) is 41.8 Å². The Morgan fingerprint density at radius 3 is 2.94 bits per heavy atom. The average Bonchev–Trinajstić information content (AvgIpc) is 3.07. The van der Waals surface area contributed by atoms with Crippen LogP contribution in [0.3, 0.4) is 0 Å². The number of thiophene rings is 1. The van der Waals surface area contributed by atoms with Gasteiger partial charge in [-0.1, -0.05) is 18.7 Å². The number of hydrogen-bond donors (Lipinski definition) is 1. The predicted molar refractivity (Wildman–Crippen MR) is 76.4 cm³/mol. The van der Waals surface area contributed by atoms with E-state index in [0.717, 1.165) is 5.92 Å². The largest absolute Gasteiger partial charge is 0.313 e. The van der Waals surface area contributed by atoms with E-state index in [1.165, 1.54) is 34.1 Å². The molecular formula is C15H17NS. The minimum Gasteiger partial charge on any atom is -0.313 e. The Kier molecular flexibility index (Phi) is 2.77. The van der Waals surface area contributed by atoms with Crippen LogP contribution in [0.1, 0.15) is 18.4 Å². The second-order valence-corrected chi connectivity index (χ2v) is 5.75. The molecular weight excluding hydrogens is 226 g/mol. The molecule has 1 aliphatic rings. The first-order valence-electron chi connectivity index (χ1n) is 6.13. The number of rotatable bonds is 4. The third kappa shape index (κ3) is 2.03. The first-order valence-corrected chi connectivity index (χ1v) is 7.01. The van der Waals surface area contributed by atoms with Crippen LogP contribution in [0.4, 0.5) is 0 Å².